The Morgan fingerprint density at radius 3 is 2.50 bits per heavy atom. The van der Waals surface area contributed by atoms with Crippen molar-refractivity contribution in [2.75, 3.05) is 6.54 Å². The molecule has 0 saturated carbocycles. The number of nitrogens with zero attached hydrogens (tertiary/aromatic N) is 2. The van der Waals surface area contributed by atoms with Crippen molar-refractivity contribution in [2.24, 2.45) is 0 Å². The van der Waals surface area contributed by atoms with Gasteiger partial charge in [-0.3, -0.25) is 4.79 Å². The number of carbonyl (C=O) groups is 1. The molecule has 0 rings (SSSR count). The van der Waals surface area contributed by atoms with E-state index in [9.17, 15) is 4.79 Å². The van der Waals surface area contributed by atoms with Crippen molar-refractivity contribution in [3.05, 3.63) is 0 Å². The van der Waals surface area contributed by atoms with Crippen molar-refractivity contribution < 1.29 is 4.79 Å². The van der Waals surface area contributed by atoms with Crippen molar-refractivity contribution in [3.8, 4) is 6.07 Å². The van der Waals surface area contributed by atoms with Gasteiger partial charge in [-0.05, 0) is 20.3 Å². The van der Waals surface area contributed by atoms with Crippen molar-refractivity contribution in [1.29, 1.82) is 5.26 Å². The van der Waals surface area contributed by atoms with Gasteiger partial charge in [0.05, 0.1) is 17.3 Å². The third-order valence-corrected chi connectivity index (χ3v) is 3.04. The smallest absolute Gasteiger partial charge is 0.236 e. The average Bonchev–Trinajstić information content (AvgIpc) is 2.16. The zero-order valence-electron chi connectivity index (χ0n) is 8.96. The molecule has 14 heavy (non-hydrogen) atoms. The third-order valence-electron chi connectivity index (χ3n) is 2.00. The summed E-state index contributed by atoms with van der Waals surface area (Å²) in [6.45, 7) is 6.41. The molecule has 80 valence electrons. The molecule has 1 unspecified atom stereocenters. The molecular weight excluding hydrogens is 244 g/mol. The standard InChI is InChI=1S/C10H17BrN2O/c1-4-9(11)10(14)13(8(2)3)7-5-6-12/h8-9H,4-5,7H2,1-3H3. The number of alkyl halides is 1. The number of rotatable bonds is 5. The Bertz CT molecular complexity index is 223. The molecule has 0 N–H and O–H groups in total. The van der Waals surface area contributed by atoms with Crippen LogP contribution in [0.5, 0.6) is 0 Å². The Labute approximate surface area is 94.2 Å². The maximum absolute atomic E-state index is 11.8. The van der Waals surface area contributed by atoms with Crippen molar-refractivity contribution >= 4 is 21.8 Å². The van der Waals surface area contributed by atoms with E-state index in [2.05, 4.69) is 22.0 Å². The van der Waals surface area contributed by atoms with E-state index in [0.717, 1.165) is 6.42 Å². The fourth-order valence-electron chi connectivity index (χ4n) is 1.15. The molecule has 0 aromatic carbocycles. The van der Waals surface area contributed by atoms with Crippen molar-refractivity contribution in [1.82, 2.24) is 4.90 Å². The quantitative estimate of drug-likeness (QED) is 0.713. The third kappa shape index (κ3) is 4.10. The van der Waals surface area contributed by atoms with Gasteiger partial charge >= 0.3 is 0 Å². The maximum atomic E-state index is 11.8. The van der Waals surface area contributed by atoms with Gasteiger partial charge in [0.25, 0.3) is 0 Å². The number of hydrogen-bond donors (Lipinski definition) is 0. The molecule has 0 saturated heterocycles. The molecular formula is C10H17BrN2O. The zero-order valence-corrected chi connectivity index (χ0v) is 10.5. The molecule has 0 aromatic heterocycles. The van der Waals surface area contributed by atoms with E-state index in [-0.39, 0.29) is 16.8 Å². The van der Waals surface area contributed by atoms with Crippen LogP contribution in [0.1, 0.15) is 33.6 Å². The van der Waals surface area contributed by atoms with Crippen LogP contribution in [0.15, 0.2) is 0 Å². The van der Waals surface area contributed by atoms with Crippen molar-refractivity contribution in [2.45, 2.75) is 44.5 Å². The molecule has 0 aliphatic heterocycles. The molecule has 1 atom stereocenters. The van der Waals surface area contributed by atoms with Gasteiger partial charge < -0.3 is 4.90 Å². The normalized spacial score (nSPS) is 12.3. The van der Waals surface area contributed by atoms with E-state index in [1.165, 1.54) is 0 Å². The highest BCUT2D eigenvalue weighted by Gasteiger charge is 2.22. The van der Waals surface area contributed by atoms with Gasteiger partial charge in [0.2, 0.25) is 5.91 Å². The summed E-state index contributed by atoms with van der Waals surface area (Å²) in [5.41, 5.74) is 0. The minimum atomic E-state index is -0.122. The largest absolute Gasteiger partial charge is 0.338 e. The maximum Gasteiger partial charge on any atom is 0.236 e. The molecule has 0 aliphatic carbocycles. The van der Waals surface area contributed by atoms with E-state index < -0.39 is 0 Å². The van der Waals surface area contributed by atoms with Crippen LogP contribution in [-0.2, 0) is 4.79 Å². The summed E-state index contributed by atoms with van der Waals surface area (Å²) in [5.74, 6) is 0.0813. The topological polar surface area (TPSA) is 44.1 Å². The summed E-state index contributed by atoms with van der Waals surface area (Å²) in [6.07, 6.45) is 1.17. The van der Waals surface area contributed by atoms with E-state index in [4.69, 9.17) is 5.26 Å². The highest BCUT2D eigenvalue weighted by Crippen LogP contribution is 2.12. The SMILES string of the molecule is CCC(Br)C(=O)N(CCC#N)C(C)C. The van der Waals surface area contributed by atoms with Gasteiger partial charge in [0.1, 0.15) is 0 Å². The summed E-state index contributed by atoms with van der Waals surface area (Å²) >= 11 is 3.33. The second-order valence-corrected chi connectivity index (χ2v) is 4.51. The van der Waals surface area contributed by atoms with E-state index >= 15 is 0 Å². The first-order valence-electron chi connectivity index (χ1n) is 4.86. The van der Waals surface area contributed by atoms with Gasteiger partial charge in [-0.15, -0.1) is 0 Å². The Hall–Kier alpha value is -0.560. The minimum Gasteiger partial charge on any atom is -0.338 e. The molecule has 0 fully saturated rings. The van der Waals surface area contributed by atoms with Gasteiger partial charge in [0.15, 0.2) is 0 Å². The number of amides is 1. The lowest BCUT2D eigenvalue weighted by atomic mass is 10.2. The summed E-state index contributed by atoms with van der Waals surface area (Å²) < 4.78 is 0. The summed E-state index contributed by atoms with van der Waals surface area (Å²) in [4.78, 5) is 13.4. The highest BCUT2D eigenvalue weighted by molar-refractivity contribution is 9.10. The van der Waals surface area contributed by atoms with Crippen molar-refractivity contribution in [3.63, 3.8) is 0 Å². The molecule has 1 amide bonds. The zero-order chi connectivity index (χ0) is 11.1. The number of nitriles is 1. The van der Waals surface area contributed by atoms with Gasteiger partial charge in [-0.2, -0.15) is 5.26 Å². The molecule has 0 spiro atoms. The Morgan fingerprint density at radius 2 is 2.14 bits per heavy atom. The monoisotopic (exact) mass is 260 g/mol. The van der Waals surface area contributed by atoms with Crippen LogP contribution in [0.3, 0.4) is 0 Å². The molecule has 0 bridgehead atoms. The molecule has 0 aromatic rings. The predicted molar refractivity (Wildman–Crippen MR) is 60.1 cm³/mol. The van der Waals surface area contributed by atoms with Crippen LogP contribution in [0, 0.1) is 11.3 Å². The minimum absolute atomic E-state index is 0.0813. The average molecular weight is 261 g/mol. The molecule has 0 aliphatic rings. The van der Waals surface area contributed by atoms with Crippen LogP contribution in [0.2, 0.25) is 0 Å². The number of hydrogen-bond acceptors (Lipinski definition) is 2. The first kappa shape index (κ1) is 13.4. The number of carbonyl (C=O) groups excluding carboxylic acids is 1. The second kappa shape index (κ2) is 6.83. The van der Waals surface area contributed by atoms with Gasteiger partial charge in [-0.25, -0.2) is 0 Å². The lowest BCUT2D eigenvalue weighted by Gasteiger charge is -2.27. The van der Waals surface area contributed by atoms with E-state index in [0.29, 0.717) is 13.0 Å². The molecule has 0 heterocycles. The second-order valence-electron chi connectivity index (χ2n) is 3.41. The lowest BCUT2D eigenvalue weighted by molar-refractivity contribution is -0.132. The van der Waals surface area contributed by atoms with Crippen LogP contribution >= 0.6 is 15.9 Å². The first-order valence-corrected chi connectivity index (χ1v) is 5.77. The summed E-state index contributed by atoms with van der Waals surface area (Å²) in [5, 5.41) is 8.47. The first-order chi connectivity index (χ1) is 6.54. The van der Waals surface area contributed by atoms with Gasteiger partial charge in [0, 0.05) is 12.6 Å². The molecule has 4 heteroatoms. The van der Waals surface area contributed by atoms with Crippen LogP contribution in [-0.4, -0.2) is 28.2 Å². The van der Waals surface area contributed by atoms with Crippen LogP contribution in [0.4, 0.5) is 0 Å². The summed E-state index contributed by atoms with van der Waals surface area (Å²) in [6, 6.07) is 2.21. The fraction of sp³-hybridized carbons (Fsp3) is 0.800. The van der Waals surface area contributed by atoms with Crippen LogP contribution in [0.25, 0.3) is 0 Å². The Morgan fingerprint density at radius 1 is 1.57 bits per heavy atom. The van der Waals surface area contributed by atoms with E-state index in [1.54, 1.807) is 4.90 Å². The fourth-order valence-corrected chi connectivity index (χ4v) is 1.41. The summed E-state index contributed by atoms with van der Waals surface area (Å²) in [7, 11) is 0. The highest BCUT2D eigenvalue weighted by atomic mass is 79.9. The van der Waals surface area contributed by atoms with E-state index in [1.807, 2.05) is 20.8 Å². The Kier molecular flexibility index (Phi) is 6.56. The van der Waals surface area contributed by atoms with Gasteiger partial charge in [-0.1, -0.05) is 22.9 Å². The predicted octanol–water partition coefficient (Wildman–Crippen LogP) is 2.31. The Balaban J connectivity index is 4.34. The lowest BCUT2D eigenvalue weighted by Crippen LogP contribution is -2.41. The van der Waals surface area contributed by atoms with Crippen LogP contribution < -0.4 is 0 Å². The molecule has 3 nitrogen and oxygen atoms in total. The molecule has 0 radical (unpaired) electrons. The number of halogens is 1.